The minimum Gasteiger partial charge on any atom is -0.450 e. The fourth-order valence-corrected chi connectivity index (χ4v) is 1.88. The van der Waals surface area contributed by atoms with E-state index in [0.29, 0.717) is 19.7 Å². The molecule has 0 radical (unpaired) electrons. The van der Waals surface area contributed by atoms with Crippen molar-refractivity contribution in [2.24, 2.45) is 0 Å². The molecule has 0 aliphatic carbocycles. The molecule has 2 N–H and O–H groups in total. The van der Waals surface area contributed by atoms with Gasteiger partial charge < -0.3 is 20.3 Å². The number of amides is 2. The summed E-state index contributed by atoms with van der Waals surface area (Å²) in [6, 6.07) is -0.0351. The highest BCUT2D eigenvalue weighted by molar-refractivity contribution is 5.81. The van der Waals surface area contributed by atoms with E-state index in [1.54, 1.807) is 18.9 Å². The molecule has 0 bridgehead atoms. The lowest BCUT2D eigenvalue weighted by atomic mass is 10.1. The number of carbonyl (C=O) groups is 2. The second-order valence-corrected chi connectivity index (χ2v) is 4.48. The highest BCUT2D eigenvalue weighted by Crippen LogP contribution is 2.11. The maximum atomic E-state index is 11.7. The van der Waals surface area contributed by atoms with Crippen molar-refractivity contribution >= 4 is 12.0 Å². The van der Waals surface area contributed by atoms with Crippen molar-refractivity contribution in [2.75, 3.05) is 26.7 Å². The number of piperidine rings is 1. The Bertz CT molecular complexity index is 288. The SMILES string of the molecule is CCOC(=O)N1CCC(NC(=O)C(C)NC)CC1. The number of carbonyl (C=O) groups excluding carboxylic acids is 2. The first kappa shape index (κ1) is 14.8. The normalized spacial score (nSPS) is 18.3. The largest absolute Gasteiger partial charge is 0.450 e. The van der Waals surface area contributed by atoms with Gasteiger partial charge in [-0.2, -0.15) is 0 Å². The Balaban J connectivity index is 2.31. The number of hydrogen-bond donors (Lipinski definition) is 2. The fourth-order valence-electron chi connectivity index (χ4n) is 1.88. The van der Waals surface area contributed by atoms with Crippen molar-refractivity contribution in [3.8, 4) is 0 Å². The van der Waals surface area contributed by atoms with E-state index in [-0.39, 0.29) is 24.1 Å². The van der Waals surface area contributed by atoms with Crippen molar-refractivity contribution in [1.82, 2.24) is 15.5 Å². The molecule has 1 atom stereocenters. The molecule has 0 saturated carbocycles. The molecular weight excluding hydrogens is 234 g/mol. The highest BCUT2D eigenvalue weighted by atomic mass is 16.6. The Morgan fingerprint density at radius 3 is 2.50 bits per heavy atom. The van der Waals surface area contributed by atoms with E-state index in [2.05, 4.69) is 10.6 Å². The van der Waals surface area contributed by atoms with E-state index < -0.39 is 0 Å². The summed E-state index contributed by atoms with van der Waals surface area (Å²) in [6.07, 6.45) is 1.30. The zero-order valence-corrected chi connectivity index (χ0v) is 11.4. The predicted molar refractivity (Wildman–Crippen MR) is 68.3 cm³/mol. The molecule has 1 rings (SSSR count). The van der Waals surface area contributed by atoms with Crippen LogP contribution in [0.1, 0.15) is 26.7 Å². The van der Waals surface area contributed by atoms with Crippen LogP contribution < -0.4 is 10.6 Å². The summed E-state index contributed by atoms with van der Waals surface area (Å²) in [7, 11) is 1.76. The molecule has 1 aliphatic rings. The number of likely N-dealkylation sites (tertiary alicyclic amines) is 1. The number of nitrogens with zero attached hydrogens (tertiary/aromatic N) is 1. The maximum Gasteiger partial charge on any atom is 0.409 e. The first-order valence-electron chi connectivity index (χ1n) is 6.47. The second kappa shape index (κ2) is 7.20. The topological polar surface area (TPSA) is 70.7 Å². The molecule has 0 spiro atoms. The summed E-state index contributed by atoms with van der Waals surface area (Å²) in [6.45, 7) is 5.29. The van der Waals surface area contributed by atoms with Gasteiger partial charge >= 0.3 is 6.09 Å². The van der Waals surface area contributed by atoms with Crippen LogP contribution in [0.25, 0.3) is 0 Å². The van der Waals surface area contributed by atoms with Crippen LogP contribution in [0.2, 0.25) is 0 Å². The number of ether oxygens (including phenoxy) is 1. The van der Waals surface area contributed by atoms with Crippen molar-refractivity contribution < 1.29 is 14.3 Å². The average molecular weight is 257 g/mol. The van der Waals surface area contributed by atoms with Gasteiger partial charge in [0.25, 0.3) is 0 Å². The standard InChI is InChI=1S/C12H23N3O3/c1-4-18-12(17)15-7-5-10(6-8-15)14-11(16)9(2)13-3/h9-10,13H,4-8H2,1-3H3,(H,14,16). The first-order chi connectivity index (χ1) is 8.58. The number of nitrogens with one attached hydrogen (secondary N) is 2. The zero-order valence-electron chi connectivity index (χ0n) is 11.4. The molecule has 104 valence electrons. The highest BCUT2D eigenvalue weighted by Gasteiger charge is 2.25. The first-order valence-corrected chi connectivity index (χ1v) is 6.47. The summed E-state index contributed by atoms with van der Waals surface area (Å²) in [5, 5.41) is 5.88. The van der Waals surface area contributed by atoms with Crippen LogP contribution in [-0.4, -0.2) is 55.7 Å². The van der Waals surface area contributed by atoms with Crippen molar-refractivity contribution in [2.45, 2.75) is 38.8 Å². The molecule has 0 aromatic rings. The molecule has 0 aromatic carbocycles. The monoisotopic (exact) mass is 257 g/mol. The van der Waals surface area contributed by atoms with Gasteiger partial charge in [-0.15, -0.1) is 0 Å². The third kappa shape index (κ3) is 4.18. The smallest absolute Gasteiger partial charge is 0.409 e. The molecule has 1 fully saturated rings. The van der Waals surface area contributed by atoms with Gasteiger partial charge in [0.05, 0.1) is 12.6 Å². The third-order valence-electron chi connectivity index (χ3n) is 3.19. The molecular formula is C12H23N3O3. The Morgan fingerprint density at radius 1 is 1.39 bits per heavy atom. The molecule has 0 aromatic heterocycles. The molecule has 1 aliphatic heterocycles. The predicted octanol–water partition coefficient (Wildman–Crippen LogP) is 0.331. The summed E-state index contributed by atoms with van der Waals surface area (Å²) in [5.74, 6) is 0.00656. The second-order valence-electron chi connectivity index (χ2n) is 4.48. The third-order valence-corrected chi connectivity index (χ3v) is 3.19. The van der Waals surface area contributed by atoms with Gasteiger partial charge in [0.1, 0.15) is 0 Å². The van der Waals surface area contributed by atoms with Gasteiger partial charge in [-0.1, -0.05) is 0 Å². The summed E-state index contributed by atoms with van der Waals surface area (Å²) in [4.78, 5) is 24.9. The van der Waals surface area contributed by atoms with E-state index in [4.69, 9.17) is 4.74 Å². The van der Waals surface area contributed by atoms with E-state index >= 15 is 0 Å². The van der Waals surface area contributed by atoms with E-state index in [0.717, 1.165) is 12.8 Å². The van der Waals surface area contributed by atoms with Gasteiger partial charge in [0, 0.05) is 19.1 Å². The van der Waals surface area contributed by atoms with Crippen LogP contribution in [0.15, 0.2) is 0 Å². The lowest BCUT2D eigenvalue weighted by Crippen LogP contribution is -2.50. The maximum absolute atomic E-state index is 11.7. The Morgan fingerprint density at radius 2 is 2.00 bits per heavy atom. The quantitative estimate of drug-likeness (QED) is 0.761. The van der Waals surface area contributed by atoms with Crippen LogP contribution in [0.4, 0.5) is 4.79 Å². The molecule has 1 heterocycles. The molecule has 6 heteroatoms. The minimum atomic E-state index is -0.258. The summed E-state index contributed by atoms with van der Waals surface area (Å²) >= 11 is 0. The van der Waals surface area contributed by atoms with Crippen molar-refractivity contribution in [3.63, 3.8) is 0 Å². The molecule has 2 amide bonds. The molecule has 1 saturated heterocycles. The van der Waals surface area contributed by atoms with Crippen LogP contribution in [0.3, 0.4) is 0 Å². The Hall–Kier alpha value is -1.30. The van der Waals surface area contributed by atoms with Crippen LogP contribution >= 0.6 is 0 Å². The van der Waals surface area contributed by atoms with Gasteiger partial charge in [-0.25, -0.2) is 4.79 Å². The lowest BCUT2D eigenvalue weighted by Gasteiger charge is -2.32. The fraction of sp³-hybridized carbons (Fsp3) is 0.833. The van der Waals surface area contributed by atoms with Crippen LogP contribution in [0, 0.1) is 0 Å². The number of hydrogen-bond acceptors (Lipinski definition) is 4. The van der Waals surface area contributed by atoms with Gasteiger partial charge in [-0.05, 0) is 33.7 Å². The van der Waals surface area contributed by atoms with E-state index in [1.807, 2.05) is 6.92 Å². The Labute approximate surface area is 108 Å². The average Bonchev–Trinajstić information content (AvgIpc) is 2.38. The van der Waals surface area contributed by atoms with Crippen molar-refractivity contribution in [3.05, 3.63) is 0 Å². The molecule has 1 unspecified atom stereocenters. The zero-order chi connectivity index (χ0) is 13.5. The van der Waals surface area contributed by atoms with Crippen molar-refractivity contribution in [1.29, 1.82) is 0 Å². The van der Waals surface area contributed by atoms with Gasteiger partial charge in [0.2, 0.25) is 5.91 Å². The molecule has 6 nitrogen and oxygen atoms in total. The number of likely N-dealkylation sites (N-methyl/N-ethyl adjacent to an activating group) is 1. The van der Waals surface area contributed by atoms with Crippen LogP contribution in [0.5, 0.6) is 0 Å². The Kier molecular flexibility index (Phi) is 5.91. The molecule has 18 heavy (non-hydrogen) atoms. The number of rotatable bonds is 4. The van der Waals surface area contributed by atoms with Gasteiger partial charge in [0.15, 0.2) is 0 Å². The minimum absolute atomic E-state index is 0.00656. The summed E-state index contributed by atoms with van der Waals surface area (Å²) in [5.41, 5.74) is 0. The van der Waals surface area contributed by atoms with E-state index in [9.17, 15) is 9.59 Å². The van der Waals surface area contributed by atoms with E-state index in [1.165, 1.54) is 0 Å². The van der Waals surface area contributed by atoms with Crippen LogP contribution in [-0.2, 0) is 9.53 Å². The van der Waals surface area contributed by atoms with Gasteiger partial charge in [-0.3, -0.25) is 4.79 Å². The lowest BCUT2D eigenvalue weighted by molar-refractivity contribution is -0.123. The summed E-state index contributed by atoms with van der Waals surface area (Å²) < 4.78 is 4.94.